The fourth-order valence-electron chi connectivity index (χ4n) is 2.15. The van der Waals surface area contributed by atoms with Crippen LogP contribution in [0.2, 0.25) is 0 Å². The van der Waals surface area contributed by atoms with Gasteiger partial charge in [0.25, 0.3) is 5.91 Å². The van der Waals surface area contributed by atoms with Gasteiger partial charge in [0.2, 0.25) is 0 Å². The maximum absolute atomic E-state index is 12.5. The maximum Gasteiger partial charge on any atom is 0.253 e. The molecular formula is C15H18N4O. The van der Waals surface area contributed by atoms with E-state index in [1.54, 1.807) is 17.2 Å². The quantitative estimate of drug-likeness (QED) is 0.907. The highest BCUT2D eigenvalue weighted by atomic mass is 16.2. The molecule has 1 aromatic carbocycles. The van der Waals surface area contributed by atoms with Crippen molar-refractivity contribution in [1.82, 2.24) is 15.1 Å². The molecule has 1 amide bonds. The van der Waals surface area contributed by atoms with Crippen molar-refractivity contribution in [2.45, 2.75) is 20.3 Å². The van der Waals surface area contributed by atoms with Crippen molar-refractivity contribution in [3.8, 4) is 6.07 Å². The first-order valence-electron chi connectivity index (χ1n) is 6.71. The molecule has 1 aromatic heterocycles. The van der Waals surface area contributed by atoms with Gasteiger partial charge in [0.1, 0.15) is 0 Å². The summed E-state index contributed by atoms with van der Waals surface area (Å²) in [5, 5.41) is 16.5. The van der Waals surface area contributed by atoms with Gasteiger partial charge in [-0.3, -0.25) is 9.89 Å². The molecule has 104 valence electrons. The van der Waals surface area contributed by atoms with Crippen LogP contribution in [0.15, 0.2) is 24.4 Å². The van der Waals surface area contributed by atoms with Crippen molar-refractivity contribution < 1.29 is 4.79 Å². The van der Waals surface area contributed by atoms with Gasteiger partial charge in [0.05, 0.1) is 24.2 Å². The number of nitrogens with zero attached hydrogens (tertiary/aromatic N) is 3. The molecule has 0 fully saturated rings. The van der Waals surface area contributed by atoms with Crippen LogP contribution in [0.4, 0.5) is 0 Å². The SMILES string of the molecule is CC(C)CN(CCC#N)C(=O)c1ccc2cn[nH]c2c1. The summed E-state index contributed by atoms with van der Waals surface area (Å²) in [4.78, 5) is 14.3. The Balaban J connectivity index is 2.22. The number of aromatic amines is 1. The lowest BCUT2D eigenvalue weighted by Gasteiger charge is -2.23. The number of carbonyl (C=O) groups is 1. The first kappa shape index (κ1) is 14.1. The maximum atomic E-state index is 12.5. The van der Waals surface area contributed by atoms with Gasteiger partial charge in [-0.05, 0) is 18.1 Å². The summed E-state index contributed by atoms with van der Waals surface area (Å²) in [6.07, 6.45) is 2.08. The number of H-pyrrole nitrogens is 1. The van der Waals surface area contributed by atoms with Crippen LogP contribution < -0.4 is 0 Å². The molecule has 0 spiro atoms. The molecule has 2 aromatic rings. The minimum atomic E-state index is -0.0366. The molecule has 20 heavy (non-hydrogen) atoms. The van der Waals surface area contributed by atoms with E-state index >= 15 is 0 Å². The second-order valence-corrected chi connectivity index (χ2v) is 5.23. The molecule has 0 radical (unpaired) electrons. The lowest BCUT2D eigenvalue weighted by atomic mass is 10.1. The fraction of sp³-hybridized carbons (Fsp3) is 0.400. The van der Waals surface area contributed by atoms with E-state index in [4.69, 9.17) is 5.26 Å². The van der Waals surface area contributed by atoms with Crippen molar-refractivity contribution in [3.05, 3.63) is 30.0 Å². The first-order valence-corrected chi connectivity index (χ1v) is 6.71. The van der Waals surface area contributed by atoms with E-state index in [1.807, 2.05) is 12.1 Å². The number of nitrogens with one attached hydrogen (secondary N) is 1. The minimum Gasteiger partial charge on any atom is -0.337 e. The number of carbonyl (C=O) groups excluding carboxylic acids is 1. The monoisotopic (exact) mass is 270 g/mol. The van der Waals surface area contributed by atoms with Crippen LogP contribution in [0.25, 0.3) is 10.9 Å². The van der Waals surface area contributed by atoms with E-state index in [9.17, 15) is 4.79 Å². The predicted molar refractivity (Wildman–Crippen MR) is 77.1 cm³/mol. The number of amides is 1. The number of hydrogen-bond acceptors (Lipinski definition) is 3. The number of benzene rings is 1. The van der Waals surface area contributed by atoms with Crippen LogP contribution in [-0.2, 0) is 0 Å². The van der Waals surface area contributed by atoms with Gasteiger partial charge < -0.3 is 4.90 Å². The molecule has 5 nitrogen and oxygen atoms in total. The zero-order valence-electron chi connectivity index (χ0n) is 11.8. The molecule has 5 heteroatoms. The van der Waals surface area contributed by atoms with Gasteiger partial charge in [-0.1, -0.05) is 19.9 Å². The van der Waals surface area contributed by atoms with Crippen LogP contribution in [0.1, 0.15) is 30.6 Å². The highest BCUT2D eigenvalue weighted by Crippen LogP contribution is 2.15. The van der Waals surface area contributed by atoms with E-state index < -0.39 is 0 Å². The van der Waals surface area contributed by atoms with Gasteiger partial charge >= 0.3 is 0 Å². The normalized spacial score (nSPS) is 10.7. The third kappa shape index (κ3) is 3.15. The van der Waals surface area contributed by atoms with E-state index in [-0.39, 0.29) is 5.91 Å². The van der Waals surface area contributed by atoms with Crippen molar-refractivity contribution in [3.63, 3.8) is 0 Å². The average molecular weight is 270 g/mol. The summed E-state index contributed by atoms with van der Waals surface area (Å²) in [5.41, 5.74) is 1.47. The molecule has 1 heterocycles. The Morgan fingerprint density at radius 2 is 2.30 bits per heavy atom. The molecule has 0 atom stereocenters. The van der Waals surface area contributed by atoms with Gasteiger partial charge in [0.15, 0.2) is 0 Å². The van der Waals surface area contributed by atoms with Gasteiger partial charge in [-0.25, -0.2) is 0 Å². The predicted octanol–water partition coefficient (Wildman–Crippen LogP) is 2.57. The van der Waals surface area contributed by atoms with E-state index in [2.05, 4.69) is 30.1 Å². The molecule has 0 saturated heterocycles. The van der Waals surface area contributed by atoms with Crippen molar-refractivity contribution in [1.29, 1.82) is 5.26 Å². The number of nitriles is 1. The molecule has 0 aliphatic carbocycles. The number of hydrogen-bond donors (Lipinski definition) is 1. The number of fused-ring (bicyclic) bond motifs is 1. The molecular weight excluding hydrogens is 252 g/mol. The van der Waals surface area contributed by atoms with E-state index in [1.165, 1.54) is 0 Å². The summed E-state index contributed by atoms with van der Waals surface area (Å²) in [6, 6.07) is 7.59. The molecule has 0 aliphatic rings. The third-order valence-electron chi connectivity index (χ3n) is 3.06. The van der Waals surface area contributed by atoms with Gasteiger partial charge in [-0.2, -0.15) is 10.4 Å². The molecule has 0 unspecified atom stereocenters. The van der Waals surface area contributed by atoms with E-state index in [0.29, 0.717) is 31.0 Å². The lowest BCUT2D eigenvalue weighted by molar-refractivity contribution is 0.0740. The molecule has 1 N–H and O–H groups in total. The smallest absolute Gasteiger partial charge is 0.253 e. The second-order valence-electron chi connectivity index (χ2n) is 5.23. The zero-order valence-corrected chi connectivity index (χ0v) is 11.8. The van der Waals surface area contributed by atoms with Crippen LogP contribution in [0.5, 0.6) is 0 Å². The third-order valence-corrected chi connectivity index (χ3v) is 3.06. The number of aromatic nitrogens is 2. The summed E-state index contributed by atoms with van der Waals surface area (Å²) < 4.78 is 0. The van der Waals surface area contributed by atoms with Crippen LogP contribution in [0, 0.1) is 17.2 Å². The topological polar surface area (TPSA) is 72.8 Å². The summed E-state index contributed by atoms with van der Waals surface area (Å²) >= 11 is 0. The van der Waals surface area contributed by atoms with Crippen LogP contribution >= 0.6 is 0 Å². The standard InChI is InChI=1S/C15H18N4O/c1-11(2)10-19(7-3-6-16)15(20)12-4-5-13-9-17-18-14(13)8-12/h4-5,8-9,11H,3,7,10H2,1-2H3,(H,17,18). The highest BCUT2D eigenvalue weighted by molar-refractivity contribution is 5.97. The first-order chi connectivity index (χ1) is 9.61. The summed E-state index contributed by atoms with van der Waals surface area (Å²) in [7, 11) is 0. The Morgan fingerprint density at radius 3 is 3.00 bits per heavy atom. The summed E-state index contributed by atoms with van der Waals surface area (Å²) in [6.45, 7) is 5.24. The number of rotatable bonds is 5. The Labute approximate surface area is 118 Å². The highest BCUT2D eigenvalue weighted by Gasteiger charge is 2.17. The fourth-order valence-corrected chi connectivity index (χ4v) is 2.15. The molecule has 0 aliphatic heterocycles. The Kier molecular flexibility index (Phi) is 4.36. The Morgan fingerprint density at radius 1 is 1.50 bits per heavy atom. The van der Waals surface area contributed by atoms with Gasteiger partial charge in [0, 0.05) is 24.0 Å². The Hall–Kier alpha value is -2.35. The van der Waals surface area contributed by atoms with Crippen molar-refractivity contribution >= 4 is 16.8 Å². The van der Waals surface area contributed by atoms with Crippen LogP contribution in [-0.4, -0.2) is 34.1 Å². The average Bonchev–Trinajstić information content (AvgIpc) is 2.89. The van der Waals surface area contributed by atoms with Crippen molar-refractivity contribution in [2.75, 3.05) is 13.1 Å². The van der Waals surface area contributed by atoms with Crippen LogP contribution in [0.3, 0.4) is 0 Å². The lowest BCUT2D eigenvalue weighted by Crippen LogP contribution is -2.35. The minimum absolute atomic E-state index is 0.0366. The molecule has 0 bridgehead atoms. The van der Waals surface area contributed by atoms with Crippen molar-refractivity contribution in [2.24, 2.45) is 5.92 Å². The second kappa shape index (κ2) is 6.20. The van der Waals surface area contributed by atoms with E-state index in [0.717, 1.165) is 10.9 Å². The summed E-state index contributed by atoms with van der Waals surface area (Å²) in [5.74, 6) is 0.332. The zero-order chi connectivity index (χ0) is 14.5. The largest absolute Gasteiger partial charge is 0.337 e. The molecule has 2 rings (SSSR count). The molecule has 0 saturated carbocycles. The Bertz CT molecular complexity index is 639. The van der Waals surface area contributed by atoms with Gasteiger partial charge in [-0.15, -0.1) is 0 Å².